The van der Waals surface area contributed by atoms with Crippen molar-refractivity contribution < 1.29 is 9.47 Å². The highest BCUT2D eigenvalue weighted by atomic mass is 35.5. The molecule has 3 N–H and O–H groups in total. The fourth-order valence-electron chi connectivity index (χ4n) is 1.96. The Bertz CT molecular complexity index is 431. The summed E-state index contributed by atoms with van der Waals surface area (Å²) in [7, 11) is 0. The Morgan fingerprint density at radius 3 is 3.00 bits per heavy atom. The molecule has 1 heterocycles. The number of hydrogen-bond donors (Lipinski definition) is 2. The zero-order valence-electron chi connectivity index (χ0n) is 10.1. The van der Waals surface area contributed by atoms with Crippen molar-refractivity contribution in [1.82, 2.24) is 0 Å². The number of rotatable bonds is 5. The number of nitrogen functional groups attached to an aromatic ring is 1. The first-order valence-electron chi connectivity index (χ1n) is 6.05. The molecule has 0 radical (unpaired) electrons. The molecule has 4 nitrogen and oxygen atoms in total. The van der Waals surface area contributed by atoms with E-state index < -0.39 is 0 Å². The predicted octanol–water partition coefficient (Wildman–Crippen LogP) is 2.57. The van der Waals surface area contributed by atoms with Crippen LogP contribution in [0.25, 0.3) is 0 Å². The molecule has 0 aromatic heterocycles. The second kappa shape index (κ2) is 6.07. The van der Waals surface area contributed by atoms with Crippen molar-refractivity contribution in [2.24, 2.45) is 5.73 Å². The van der Waals surface area contributed by atoms with E-state index in [4.69, 9.17) is 32.2 Å². The van der Waals surface area contributed by atoms with Crippen molar-refractivity contribution in [2.45, 2.75) is 25.4 Å². The van der Waals surface area contributed by atoms with E-state index in [9.17, 15) is 0 Å². The summed E-state index contributed by atoms with van der Waals surface area (Å²) in [6.45, 7) is 1.45. The standard InChI is InChI=1S/C13H17ClN2O2/c14-11-8-9(13(15)16)3-4-12(11)18-7-5-10-2-1-6-17-10/h3-4,8,10H,1-2,5-7H2,(H3,15,16). The number of amidine groups is 1. The molecule has 1 fully saturated rings. The SMILES string of the molecule is N=C(N)c1ccc(OCCC2CCCO2)c(Cl)c1. The van der Waals surface area contributed by atoms with E-state index >= 15 is 0 Å². The lowest BCUT2D eigenvalue weighted by Crippen LogP contribution is -2.12. The summed E-state index contributed by atoms with van der Waals surface area (Å²) >= 11 is 6.06. The summed E-state index contributed by atoms with van der Waals surface area (Å²) in [5, 5.41) is 7.80. The minimum absolute atomic E-state index is 0.00260. The lowest BCUT2D eigenvalue weighted by molar-refractivity contribution is 0.0904. The molecule has 98 valence electrons. The molecule has 5 heteroatoms. The molecular formula is C13H17ClN2O2. The Balaban J connectivity index is 1.87. The normalized spacial score (nSPS) is 18.8. The van der Waals surface area contributed by atoms with Crippen LogP contribution in [-0.2, 0) is 4.74 Å². The quantitative estimate of drug-likeness (QED) is 0.637. The van der Waals surface area contributed by atoms with Gasteiger partial charge in [0.15, 0.2) is 0 Å². The minimum atomic E-state index is 0.00260. The summed E-state index contributed by atoms with van der Waals surface area (Å²) in [5.41, 5.74) is 5.99. The third kappa shape index (κ3) is 3.37. The highest BCUT2D eigenvalue weighted by molar-refractivity contribution is 6.32. The van der Waals surface area contributed by atoms with Gasteiger partial charge in [0.2, 0.25) is 0 Å². The zero-order valence-corrected chi connectivity index (χ0v) is 10.9. The van der Waals surface area contributed by atoms with Crippen LogP contribution in [-0.4, -0.2) is 25.2 Å². The zero-order chi connectivity index (χ0) is 13.0. The Hall–Kier alpha value is -1.26. The van der Waals surface area contributed by atoms with Crippen molar-refractivity contribution in [3.05, 3.63) is 28.8 Å². The number of nitrogens with two attached hydrogens (primary N) is 1. The Kier molecular flexibility index (Phi) is 4.44. The van der Waals surface area contributed by atoms with Crippen LogP contribution in [0.4, 0.5) is 0 Å². The van der Waals surface area contributed by atoms with E-state index in [0.29, 0.717) is 29.0 Å². The highest BCUT2D eigenvalue weighted by Crippen LogP contribution is 2.26. The van der Waals surface area contributed by atoms with Gasteiger partial charge in [0, 0.05) is 18.6 Å². The van der Waals surface area contributed by atoms with Crippen molar-refractivity contribution in [2.75, 3.05) is 13.2 Å². The average molecular weight is 269 g/mol. The molecule has 2 rings (SSSR count). The monoisotopic (exact) mass is 268 g/mol. The molecule has 0 amide bonds. The van der Waals surface area contributed by atoms with Crippen LogP contribution in [0.5, 0.6) is 5.75 Å². The van der Waals surface area contributed by atoms with Gasteiger partial charge in [0.1, 0.15) is 11.6 Å². The van der Waals surface area contributed by atoms with Gasteiger partial charge in [-0.15, -0.1) is 0 Å². The molecule has 18 heavy (non-hydrogen) atoms. The van der Waals surface area contributed by atoms with Crippen molar-refractivity contribution in [3.63, 3.8) is 0 Å². The van der Waals surface area contributed by atoms with Crippen LogP contribution >= 0.6 is 11.6 Å². The summed E-state index contributed by atoms with van der Waals surface area (Å²) in [6, 6.07) is 5.12. The van der Waals surface area contributed by atoms with Gasteiger partial charge in [-0.25, -0.2) is 0 Å². The van der Waals surface area contributed by atoms with Crippen LogP contribution in [0.2, 0.25) is 5.02 Å². The number of ether oxygens (including phenoxy) is 2. The van der Waals surface area contributed by atoms with Gasteiger partial charge in [-0.3, -0.25) is 5.41 Å². The van der Waals surface area contributed by atoms with Gasteiger partial charge in [0.05, 0.1) is 17.7 Å². The van der Waals surface area contributed by atoms with E-state index in [1.54, 1.807) is 18.2 Å². The number of nitrogens with one attached hydrogen (secondary N) is 1. The number of benzene rings is 1. The lowest BCUT2D eigenvalue weighted by Gasteiger charge is -2.12. The van der Waals surface area contributed by atoms with Gasteiger partial charge in [-0.2, -0.15) is 0 Å². The molecule has 1 aromatic rings. The van der Waals surface area contributed by atoms with Gasteiger partial charge >= 0.3 is 0 Å². The largest absolute Gasteiger partial charge is 0.492 e. The van der Waals surface area contributed by atoms with E-state index in [1.165, 1.54) is 0 Å². The van der Waals surface area contributed by atoms with E-state index in [0.717, 1.165) is 25.9 Å². The maximum absolute atomic E-state index is 7.32. The molecule has 1 atom stereocenters. The second-order valence-corrected chi connectivity index (χ2v) is 4.74. The molecule has 1 aromatic carbocycles. The summed E-state index contributed by atoms with van der Waals surface area (Å²) < 4.78 is 11.1. The van der Waals surface area contributed by atoms with E-state index in [1.807, 2.05) is 0 Å². The van der Waals surface area contributed by atoms with Crippen LogP contribution in [0.15, 0.2) is 18.2 Å². The fraction of sp³-hybridized carbons (Fsp3) is 0.462. The smallest absolute Gasteiger partial charge is 0.137 e. The summed E-state index contributed by atoms with van der Waals surface area (Å²) in [6.07, 6.45) is 3.45. The third-order valence-electron chi connectivity index (χ3n) is 2.96. The van der Waals surface area contributed by atoms with Crippen molar-refractivity contribution in [3.8, 4) is 5.75 Å². The summed E-state index contributed by atoms with van der Waals surface area (Å²) in [4.78, 5) is 0. The molecular weight excluding hydrogens is 252 g/mol. The minimum Gasteiger partial charge on any atom is -0.492 e. The van der Waals surface area contributed by atoms with Crippen molar-refractivity contribution >= 4 is 17.4 Å². The molecule has 0 spiro atoms. The Labute approximate surface area is 112 Å². The highest BCUT2D eigenvalue weighted by Gasteiger charge is 2.15. The average Bonchev–Trinajstić information content (AvgIpc) is 2.84. The van der Waals surface area contributed by atoms with Gasteiger partial charge in [0.25, 0.3) is 0 Å². The maximum Gasteiger partial charge on any atom is 0.137 e. The van der Waals surface area contributed by atoms with Crippen LogP contribution in [0.1, 0.15) is 24.8 Å². The van der Waals surface area contributed by atoms with E-state index in [2.05, 4.69) is 0 Å². The van der Waals surface area contributed by atoms with Crippen LogP contribution in [0, 0.1) is 5.41 Å². The third-order valence-corrected chi connectivity index (χ3v) is 3.26. The molecule has 1 saturated heterocycles. The topological polar surface area (TPSA) is 68.3 Å². The van der Waals surface area contributed by atoms with Crippen molar-refractivity contribution in [1.29, 1.82) is 5.41 Å². The first-order valence-corrected chi connectivity index (χ1v) is 6.43. The predicted molar refractivity (Wildman–Crippen MR) is 71.6 cm³/mol. The first kappa shape index (κ1) is 13.2. The molecule has 1 aliphatic rings. The van der Waals surface area contributed by atoms with Gasteiger partial charge in [-0.05, 0) is 31.0 Å². The molecule has 0 saturated carbocycles. The number of hydrogen-bond acceptors (Lipinski definition) is 3. The van der Waals surface area contributed by atoms with E-state index in [-0.39, 0.29) is 5.84 Å². The number of halogens is 1. The van der Waals surface area contributed by atoms with Gasteiger partial charge in [-0.1, -0.05) is 11.6 Å². The molecule has 0 aliphatic carbocycles. The maximum atomic E-state index is 7.32. The fourth-order valence-corrected chi connectivity index (χ4v) is 2.19. The molecule has 1 unspecified atom stereocenters. The molecule has 0 bridgehead atoms. The Morgan fingerprint density at radius 2 is 2.39 bits per heavy atom. The Morgan fingerprint density at radius 1 is 1.56 bits per heavy atom. The van der Waals surface area contributed by atoms with Gasteiger partial charge < -0.3 is 15.2 Å². The lowest BCUT2D eigenvalue weighted by atomic mass is 10.2. The second-order valence-electron chi connectivity index (χ2n) is 4.33. The molecule has 1 aliphatic heterocycles. The summed E-state index contributed by atoms with van der Waals surface area (Å²) in [5.74, 6) is 0.627. The van der Waals surface area contributed by atoms with Crippen LogP contribution < -0.4 is 10.5 Å². The first-order chi connectivity index (χ1) is 8.66. The van der Waals surface area contributed by atoms with Crippen LogP contribution in [0.3, 0.4) is 0 Å².